The van der Waals surface area contributed by atoms with Gasteiger partial charge in [-0.05, 0) is 57.3 Å². The molecule has 0 bridgehead atoms. The van der Waals surface area contributed by atoms with E-state index < -0.39 is 17.8 Å². The number of rotatable bonds is 5. The Kier molecular flexibility index (Phi) is 6.21. The Morgan fingerprint density at radius 3 is 2.53 bits per heavy atom. The van der Waals surface area contributed by atoms with Crippen molar-refractivity contribution < 1.29 is 22.4 Å². The Morgan fingerprint density at radius 2 is 1.90 bits per heavy atom. The molecule has 1 aromatic carbocycles. The third kappa shape index (κ3) is 4.35. The first kappa shape index (κ1) is 21.9. The van der Waals surface area contributed by atoms with E-state index in [0.29, 0.717) is 40.8 Å². The standard InChI is InChI=1S/C21H22F3N3O2S/c1-4-27(5-2)19(28)17-12(3)25-20(30)26-18(17)16-10-9-15(29-16)13-7-6-8-14(11-13)21(22,23)24/h6-11,18H,4-5H2,1-3H3,(H2,25,26,30)/t18-/m1/s1. The molecule has 0 aliphatic carbocycles. The van der Waals surface area contributed by atoms with Gasteiger partial charge in [-0.1, -0.05) is 12.1 Å². The zero-order valence-corrected chi connectivity index (χ0v) is 17.6. The van der Waals surface area contributed by atoms with Gasteiger partial charge >= 0.3 is 6.18 Å². The summed E-state index contributed by atoms with van der Waals surface area (Å²) >= 11 is 5.23. The molecule has 9 heteroatoms. The summed E-state index contributed by atoms with van der Waals surface area (Å²) in [7, 11) is 0. The number of carbonyl (C=O) groups is 1. The zero-order chi connectivity index (χ0) is 22.1. The Hall–Kier alpha value is -2.81. The summed E-state index contributed by atoms with van der Waals surface area (Å²) in [6.07, 6.45) is -4.45. The Balaban J connectivity index is 1.99. The maximum absolute atomic E-state index is 13.1. The molecule has 0 unspecified atom stereocenters. The van der Waals surface area contributed by atoms with Crippen LogP contribution in [0.25, 0.3) is 11.3 Å². The van der Waals surface area contributed by atoms with Crippen LogP contribution in [0.2, 0.25) is 0 Å². The molecule has 2 heterocycles. The van der Waals surface area contributed by atoms with E-state index >= 15 is 0 Å². The lowest BCUT2D eigenvalue weighted by atomic mass is 9.99. The zero-order valence-electron chi connectivity index (χ0n) is 16.8. The van der Waals surface area contributed by atoms with E-state index in [-0.39, 0.29) is 11.7 Å². The van der Waals surface area contributed by atoms with E-state index in [9.17, 15) is 18.0 Å². The van der Waals surface area contributed by atoms with Gasteiger partial charge in [0, 0.05) is 24.4 Å². The maximum Gasteiger partial charge on any atom is 0.416 e. The van der Waals surface area contributed by atoms with E-state index in [1.807, 2.05) is 13.8 Å². The molecule has 30 heavy (non-hydrogen) atoms. The van der Waals surface area contributed by atoms with Crippen molar-refractivity contribution in [2.24, 2.45) is 0 Å². The van der Waals surface area contributed by atoms with Crippen LogP contribution in [-0.4, -0.2) is 29.0 Å². The number of allylic oxidation sites excluding steroid dienone is 1. The number of nitrogens with one attached hydrogen (secondary N) is 2. The van der Waals surface area contributed by atoms with Gasteiger partial charge in [-0.2, -0.15) is 13.2 Å². The van der Waals surface area contributed by atoms with E-state index in [1.54, 1.807) is 30.0 Å². The molecule has 0 fully saturated rings. The number of thiocarbonyl (C=S) groups is 1. The summed E-state index contributed by atoms with van der Waals surface area (Å²) in [6, 6.07) is 7.50. The second kappa shape index (κ2) is 8.51. The third-order valence-electron chi connectivity index (χ3n) is 4.94. The summed E-state index contributed by atoms with van der Waals surface area (Å²) in [6.45, 7) is 6.61. The van der Waals surface area contributed by atoms with Gasteiger partial charge in [-0.3, -0.25) is 4.79 Å². The van der Waals surface area contributed by atoms with Crippen molar-refractivity contribution in [1.82, 2.24) is 15.5 Å². The van der Waals surface area contributed by atoms with E-state index in [1.165, 1.54) is 6.07 Å². The average Bonchev–Trinajstić information content (AvgIpc) is 3.18. The fraction of sp³-hybridized carbons (Fsp3) is 0.333. The van der Waals surface area contributed by atoms with Crippen molar-refractivity contribution in [3.63, 3.8) is 0 Å². The number of hydrogen-bond donors (Lipinski definition) is 2. The monoisotopic (exact) mass is 437 g/mol. The second-order valence-corrected chi connectivity index (χ2v) is 7.24. The minimum Gasteiger partial charge on any atom is -0.459 e. The van der Waals surface area contributed by atoms with Gasteiger partial charge in [0.25, 0.3) is 5.91 Å². The summed E-state index contributed by atoms with van der Waals surface area (Å²) in [4.78, 5) is 14.8. The summed E-state index contributed by atoms with van der Waals surface area (Å²) in [5, 5.41) is 6.34. The first-order valence-electron chi connectivity index (χ1n) is 9.50. The molecule has 5 nitrogen and oxygen atoms in total. The fourth-order valence-corrected chi connectivity index (χ4v) is 3.65. The van der Waals surface area contributed by atoms with Gasteiger partial charge < -0.3 is 20.0 Å². The molecular formula is C21H22F3N3O2S. The van der Waals surface area contributed by atoms with E-state index in [0.717, 1.165) is 12.1 Å². The van der Waals surface area contributed by atoms with Gasteiger partial charge in [0.05, 0.1) is 11.1 Å². The number of likely N-dealkylation sites (N-methyl/N-ethyl adjacent to an activating group) is 1. The number of alkyl halides is 3. The number of carbonyl (C=O) groups excluding carboxylic acids is 1. The van der Waals surface area contributed by atoms with Gasteiger partial charge in [-0.15, -0.1) is 0 Å². The van der Waals surface area contributed by atoms with Crippen LogP contribution in [0, 0.1) is 0 Å². The number of nitrogens with zero attached hydrogens (tertiary/aromatic N) is 1. The van der Waals surface area contributed by atoms with Crippen LogP contribution in [0.1, 0.15) is 38.1 Å². The van der Waals surface area contributed by atoms with E-state index in [2.05, 4.69) is 10.6 Å². The van der Waals surface area contributed by atoms with Crippen molar-refractivity contribution in [3.8, 4) is 11.3 Å². The summed E-state index contributed by atoms with van der Waals surface area (Å²) in [5.41, 5.74) is 0.604. The van der Waals surface area contributed by atoms with Crippen LogP contribution in [0.5, 0.6) is 0 Å². The smallest absolute Gasteiger partial charge is 0.416 e. The fourth-order valence-electron chi connectivity index (χ4n) is 3.38. The summed E-state index contributed by atoms with van der Waals surface area (Å²) < 4.78 is 45.0. The SMILES string of the molecule is CCN(CC)C(=O)C1=C(C)NC(=S)N[C@@H]1c1ccc(-c2cccc(C(F)(F)F)c2)o1. The molecule has 160 valence electrons. The molecule has 2 N–H and O–H groups in total. The van der Waals surface area contributed by atoms with Crippen molar-refractivity contribution >= 4 is 23.2 Å². The molecular weight excluding hydrogens is 415 g/mol. The maximum atomic E-state index is 13.1. The molecule has 1 aromatic heterocycles. The molecule has 1 aliphatic heterocycles. The van der Waals surface area contributed by atoms with Gasteiger partial charge in [-0.25, -0.2) is 0 Å². The van der Waals surface area contributed by atoms with E-state index in [4.69, 9.17) is 16.6 Å². The minimum absolute atomic E-state index is 0.165. The predicted molar refractivity (Wildman–Crippen MR) is 111 cm³/mol. The molecule has 0 saturated heterocycles. The molecule has 0 saturated carbocycles. The molecule has 2 aromatic rings. The molecule has 1 aliphatic rings. The van der Waals surface area contributed by atoms with Gasteiger partial charge in [0.2, 0.25) is 0 Å². The number of halogens is 3. The van der Waals surface area contributed by atoms with Crippen LogP contribution in [0.3, 0.4) is 0 Å². The Bertz CT molecular complexity index is 993. The lowest BCUT2D eigenvalue weighted by Gasteiger charge is -2.31. The quantitative estimate of drug-likeness (QED) is 0.669. The number of furan rings is 1. The Labute approximate surface area is 177 Å². The summed E-state index contributed by atoms with van der Waals surface area (Å²) in [5.74, 6) is 0.498. The van der Waals surface area contributed by atoms with Crippen LogP contribution in [-0.2, 0) is 11.0 Å². The first-order valence-corrected chi connectivity index (χ1v) is 9.91. The molecule has 0 radical (unpaired) electrons. The number of benzene rings is 1. The van der Waals surface area contributed by atoms with Crippen LogP contribution < -0.4 is 10.6 Å². The molecule has 0 spiro atoms. The topological polar surface area (TPSA) is 57.5 Å². The van der Waals surface area contributed by atoms with Crippen LogP contribution >= 0.6 is 12.2 Å². The molecule has 1 atom stereocenters. The highest BCUT2D eigenvalue weighted by Crippen LogP contribution is 2.35. The lowest BCUT2D eigenvalue weighted by Crippen LogP contribution is -2.47. The van der Waals surface area contributed by atoms with Crippen LogP contribution in [0.4, 0.5) is 13.2 Å². The highest BCUT2D eigenvalue weighted by atomic mass is 32.1. The lowest BCUT2D eigenvalue weighted by molar-refractivity contribution is -0.137. The van der Waals surface area contributed by atoms with Gasteiger partial charge in [0.1, 0.15) is 17.6 Å². The third-order valence-corrected chi connectivity index (χ3v) is 5.16. The molecule has 3 rings (SSSR count). The highest BCUT2D eigenvalue weighted by molar-refractivity contribution is 7.80. The average molecular weight is 437 g/mol. The predicted octanol–water partition coefficient (Wildman–Crippen LogP) is 4.63. The second-order valence-electron chi connectivity index (χ2n) is 6.83. The van der Waals surface area contributed by atoms with Crippen molar-refractivity contribution in [2.75, 3.05) is 13.1 Å². The van der Waals surface area contributed by atoms with Crippen molar-refractivity contribution in [2.45, 2.75) is 33.0 Å². The highest BCUT2D eigenvalue weighted by Gasteiger charge is 2.34. The van der Waals surface area contributed by atoms with Crippen molar-refractivity contribution in [1.29, 1.82) is 0 Å². The first-order chi connectivity index (χ1) is 14.2. The van der Waals surface area contributed by atoms with Crippen molar-refractivity contribution in [3.05, 3.63) is 59.0 Å². The Morgan fingerprint density at radius 1 is 1.20 bits per heavy atom. The number of hydrogen-bond acceptors (Lipinski definition) is 3. The number of amides is 1. The normalized spacial score (nSPS) is 16.9. The van der Waals surface area contributed by atoms with Gasteiger partial charge in [0.15, 0.2) is 5.11 Å². The molecule has 1 amide bonds. The van der Waals surface area contributed by atoms with Crippen LogP contribution in [0.15, 0.2) is 52.1 Å². The largest absolute Gasteiger partial charge is 0.459 e. The minimum atomic E-state index is -4.45.